The number of nitrogens with zero attached hydrogens (tertiary/aromatic N) is 9. The molecule has 63 heavy (non-hydrogen) atoms. The molecule has 0 radical (unpaired) electrons. The van der Waals surface area contributed by atoms with Crippen LogP contribution in [0.2, 0.25) is 0 Å². The normalized spacial score (nSPS) is 19.7. The highest BCUT2D eigenvalue weighted by Crippen LogP contribution is 2.37. The lowest BCUT2D eigenvalue weighted by atomic mass is 9.97. The number of amides is 2. The molecule has 322 valence electrons. The number of piperazine rings is 1. The molecule has 17 heteroatoms. The zero-order valence-electron chi connectivity index (χ0n) is 34.5. The van der Waals surface area contributed by atoms with Gasteiger partial charge in [-0.05, 0) is 79.6 Å². The first-order valence-electron chi connectivity index (χ1n) is 21.2. The van der Waals surface area contributed by atoms with E-state index >= 15 is 4.39 Å². The molecule has 4 aliphatic rings. The first-order chi connectivity index (χ1) is 30.5. The molecule has 2 atom stereocenters. The number of aryl methyl sites for hydroxylation is 1. The van der Waals surface area contributed by atoms with Gasteiger partial charge in [-0.2, -0.15) is 5.26 Å². The fourth-order valence-electron chi connectivity index (χ4n) is 9.58. The van der Waals surface area contributed by atoms with E-state index in [0.717, 1.165) is 62.7 Å². The minimum absolute atomic E-state index is 0.0387. The molecule has 10 rings (SSSR count). The minimum Gasteiger partial charge on any atom is -0.453 e. The van der Waals surface area contributed by atoms with Gasteiger partial charge in [0.2, 0.25) is 11.8 Å². The molecule has 0 aliphatic carbocycles. The molecule has 15 nitrogen and oxygen atoms in total. The number of halogens is 2. The number of ether oxygens (including phenoxy) is 1. The molecule has 0 saturated carbocycles. The number of anilines is 3. The maximum absolute atomic E-state index is 15.1. The van der Waals surface area contributed by atoms with E-state index in [1.807, 2.05) is 48.5 Å². The summed E-state index contributed by atoms with van der Waals surface area (Å²) in [6, 6.07) is 22.2. The standard InChI is InChI=1S/C46H44F2N10O5/c1-52-42-38(3-2-4-39(42)58(46(52)62)40-13-14-41(59)51-44(40)60)56-24-28(25-56)23-53-17-19-54(20-18-53)30-5-7-31(8-6-30)57-27-50-36-11-9-32(21-33(36)45(57)61)63-43-34(22-49)37(12-10-35(43)48)55-16-15-29(47)26-55/h2-12,21,27-29,40H,13-20,23-26H2,1H3,(H,51,59,60)/t29-,40?/m1/s1. The number of benzene rings is 4. The summed E-state index contributed by atoms with van der Waals surface area (Å²) in [7, 11) is 1.73. The molecule has 2 amide bonds. The summed E-state index contributed by atoms with van der Waals surface area (Å²) in [5, 5.41) is 12.6. The highest BCUT2D eigenvalue weighted by molar-refractivity contribution is 6.00. The fourth-order valence-corrected chi connectivity index (χ4v) is 9.58. The van der Waals surface area contributed by atoms with Crippen molar-refractivity contribution in [2.45, 2.75) is 31.5 Å². The van der Waals surface area contributed by atoms with Crippen LogP contribution in [0.5, 0.6) is 11.5 Å². The number of nitriles is 1. The van der Waals surface area contributed by atoms with E-state index in [1.165, 1.54) is 33.7 Å². The summed E-state index contributed by atoms with van der Waals surface area (Å²) in [5.74, 6) is -1.17. The van der Waals surface area contributed by atoms with Gasteiger partial charge in [-0.15, -0.1) is 0 Å². The molecule has 4 fully saturated rings. The Morgan fingerprint density at radius 3 is 2.37 bits per heavy atom. The molecule has 1 unspecified atom stereocenters. The van der Waals surface area contributed by atoms with Gasteiger partial charge in [0.05, 0.1) is 39.0 Å². The molecule has 4 saturated heterocycles. The van der Waals surface area contributed by atoms with Crippen molar-refractivity contribution in [1.82, 2.24) is 28.9 Å². The third-order valence-electron chi connectivity index (χ3n) is 12.9. The molecule has 4 aromatic carbocycles. The SMILES string of the molecule is Cn1c(=O)n(C2CCC(=O)NC2=O)c2cccc(N3CC(CN4CCN(c5ccc(-n6cnc7ccc(Oc8c(F)ccc(N9CC[C@@H](F)C9)c8C#N)cc7c6=O)cc5)CC4)C3)c21. The number of imidazole rings is 1. The van der Waals surface area contributed by atoms with E-state index < -0.39 is 23.9 Å². The number of imide groups is 1. The van der Waals surface area contributed by atoms with Crippen LogP contribution in [0.15, 0.2) is 88.7 Å². The van der Waals surface area contributed by atoms with Gasteiger partial charge in [-0.3, -0.25) is 38.3 Å². The van der Waals surface area contributed by atoms with Crippen LogP contribution >= 0.6 is 0 Å². The first kappa shape index (κ1) is 40.0. The summed E-state index contributed by atoms with van der Waals surface area (Å²) in [5.41, 5.74) is 4.29. The molecule has 4 aliphatic heterocycles. The fraction of sp³-hybridized carbons (Fsp3) is 0.348. The quantitative estimate of drug-likeness (QED) is 0.203. The monoisotopic (exact) mass is 854 g/mol. The maximum Gasteiger partial charge on any atom is 0.329 e. The van der Waals surface area contributed by atoms with Gasteiger partial charge < -0.3 is 19.4 Å². The van der Waals surface area contributed by atoms with Gasteiger partial charge in [-0.25, -0.2) is 18.6 Å². The van der Waals surface area contributed by atoms with Crippen LogP contribution in [0.25, 0.3) is 27.6 Å². The number of piperidine rings is 1. The van der Waals surface area contributed by atoms with Crippen molar-refractivity contribution in [1.29, 1.82) is 5.26 Å². The predicted molar refractivity (Wildman–Crippen MR) is 233 cm³/mol. The average molecular weight is 855 g/mol. The van der Waals surface area contributed by atoms with Gasteiger partial charge >= 0.3 is 5.69 Å². The van der Waals surface area contributed by atoms with E-state index in [9.17, 15) is 28.8 Å². The van der Waals surface area contributed by atoms with Crippen LogP contribution < -0.4 is 36.0 Å². The molecule has 0 bridgehead atoms. The lowest BCUT2D eigenvalue weighted by Gasteiger charge is -2.45. The number of hydrogen-bond acceptors (Lipinski definition) is 11. The minimum atomic E-state index is -1.03. The Bertz CT molecular complexity index is 2960. The van der Waals surface area contributed by atoms with Gasteiger partial charge in [0, 0.05) is 84.0 Å². The number of carbonyl (C=O) groups is 2. The smallest absolute Gasteiger partial charge is 0.329 e. The van der Waals surface area contributed by atoms with Crippen LogP contribution in [0.1, 0.15) is 30.9 Å². The van der Waals surface area contributed by atoms with E-state index in [1.54, 1.807) is 28.6 Å². The summed E-state index contributed by atoms with van der Waals surface area (Å²) in [6.45, 7) is 6.67. The number of rotatable bonds is 9. The van der Waals surface area contributed by atoms with Crippen molar-refractivity contribution in [3.05, 3.63) is 111 Å². The van der Waals surface area contributed by atoms with Crippen LogP contribution in [-0.4, -0.2) is 100 Å². The van der Waals surface area contributed by atoms with Crippen molar-refractivity contribution in [2.75, 3.05) is 73.6 Å². The number of aromatic nitrogens is 4. The number of alkyl halides is 1. The number of nitrogens with one attached hydrogen (secondary N) is 1. The topological polar surface area (TPSA) is 154 Å². The Balaban J connectivity index is 0.770. The van der Waals surface area contributed by atoms with Crippen LogP contribution in [0.3, 0.4) is 0 Å². The zero-order chi connectivity index (χ0) is 43.5. The Hall–Kier alpha value is -7.06. The second-order valence-electron chi connectivity index (χ2n) is 16.8. The van der Waals surface area contributed by atoms with Crippen LogP contribution in [-0.2, 0) is 16.6 Å². The third-order valence-corrected chi connectivity index (χ3v) is 12.9. The van der Waals surface area contributed by atoms with Crippen molar-refractivity contribution in [2.24, 2.45) is 13.0 Å². The number of hydrogen-bond donors (Lipinski definition) is 1. The van der Waals surface area contributed by atoms with Crippen LogP contribution in [0, 0.1) is 23.1 Å². The highest BCUT2D eigenvalue weighted by Gasteiger charge is 2.35. The van der Waals surface area contributed by atoms with Crippen LogP contribution in [0.4, 0.5) is 25.8 Å². The Morgan fingerprint density at radius 2 is 1.63 bits per heavy atom. The third kappa shape index (κ3) is 7.23. The van der Waals surface area contributed by atoms with Gasteiger partial charge in [0.15, 0.2) is 11.6 Å². The van der Waals surface area contributed by atoms with Gasteiger partial charge in [0.25, 0.3) is 5.56 Å². The second kappa shape index (κ2) is 16.0. The lowest BCUT2D eigenvalue weighted by Crippen LogP contribution is -2.55. The Labute approximate surface area is 359 Å². The molecular weight excluding hydrogens is 811 g/mol. The number of carbonyl (C=O) groups excluding carboxylic acids is 2. The highest BCUT2D eigenvalue weighted by atomic mass is 19.1. The van der Waals surface area contributed by atoms with E-state index in [4.69, 9.17) is 4.74 Å². The summed E-state index contributed by atoms with van der Waals surface area (Å²) < 4.78 is 39.6. The largest absolute Gasteiger partial charge is 0.453 e. The Morgan fingerprint density at radius 1 is 0.857 bits per heavy atom. The van der Waals surface area contributed by atoms with Crippen molar-refractivity contribution in [3.8, 4) is 23.3 Å². The van der Waals surface area contributed by atoms with Crippen molar-refractivity contribution in [3.63, 3.8) is 0 Å². The number of para-hydroxylation sites is 1. The van der Waals surface area contributed by atoms with E-state index in [2.05, 4.69) is 25.0 Å². The predicted octanol–water partition coefficient (Wildman–Crippen LogP) is 4.63. The van der Waals surface area contributed by atoms with Gasteiger partial charge in [0.1, 0.15) is 35.9 Å². The average Bonchev–Trinajstić information content (AvgIpc) is 3.82. The summed E-state index contributed by atoms with van der Waals surface area (Å²) >= 11 is 0. The first-order valence-corrected chi connectivity index (χ1v) is 21.2. The maximum atomic E-state index is 15.1. The lowest BCUT2D eigenvalue weighted by molar-refractivity contribution is -0.135. The van der Waals surface area contributed by atoms with Crippen molar-refractivity contribution >= 4 is 50.8 Å². The van der Waals surface area contributed by atoms with Crippen molar-refractivity contribution < 1.29 is 23.1 Å². The Kier molecular flexibility index (Phi) is 10.2. The van der Waals surface area contributed by atoms with E-state index in [-0.39, 0.29) is 52.6 Å². The molecule has 2 aromatic heterocycles. The number of fused-ring (bicyclic) bond motifs is 2. The summed E-state index contributed by atoms with van der Waals surface area (Å²) in [4.78, 5) is 65.0. The summed E-state index contributed by atoms with van der Waals surface area (Å²) in [6.07, 6.45) is 1.26. The molecule has 6 aromatic rings. The second-order valence-corrected chi connectivity index (χ2v) is 16.8. The van der Waals surface area contributed by atoms with Gasteiger partial charge in [-0.1, -0.05) is 6.07 Å². The van der Waals surface area contributed by atoms with E-state index in [0.29, 0.717) is 47.7 Å². The molecular formula is C46H44F2N10O5. The molecule has 0 spiro atoms. The zero-order valence-corrected chi connectivity index (χ0v) is 34.5. The molecule has 1 N–H and O–H groups in total. The molecule has 6 heterocycles.